The van der Waals surface area contributed by atoms with Crippen molar-refractivity contribution in [3.8, 4) is 17.2 Å². The average molecular weight is 326 g/mol. The molecule has 1 aromatic heterocycles. The van der Waals surface area contributed by atoms with E-state index in [4.69, 9.17) is 13.9 Å². The zero-order valence-electron chi connectivity index (χ0n) is 13.5. The first-order valence-electron chi connectivity index (χ1n) is 7.57. The Hall–Kier alpha value is -2.86. The van der Waals surface area contributed by atoms with Crippen molar-refractivity contribution in [3.05, 3.63) is 70.7 Å². The van der Waals surface area contributed by atoms with E-state index >= 15 is 0 Å². The molecule has 0 saturated carbocycles. The highest BCUT2D eigenvalue weighted by Crippen LogP contribution is 2.21. The molecule has 0 aliphatic heterocycles. The molecule has 0 amide bonds. The van der Waals surface area contributed by atoms with Gasteiger partial charge in [0.25, 0.3) is 0 Å². The third-order valence-electron chi connectivity index (χ3n) is 3.60. The molecule has 3 aromatic rings. The molecule has 0 fully saturated rings. The molecule has 6 nitrogen and oxygen atoms in total. The molecule has 1 atom stereocenters. The fourth-order valence-electron chi connectivity index (χ4n) is 2.17. The lowest BCUT2D eigenvalue weighted by Gasteiger charge is -2.06. The summed E-state index contributed by atoms with van der Waals surface area (Å²) >= 11 is 0. The summed E-state index contributed by atoms with van der Waals surface area (Å²) in [6.07, 6.45) is -0.483. The summed E-state index contributed by atoms with van der Waals surface area (Å²) in [6, 6.07) is 17.2. The number of rotatable bonds is 6. The van der Waals surface area contributed by atoms with Gasteiger partial charge in [-0.05, 0) is 36.8 Å². The van der Waals surface area contributed by atoms with Gasteiger partial charge in [0.2, 0.25) is 5.89 Å². The van der Waals surface area contributed by atoms with Crippen LogP contribution in [-0.4, -0.2) is 16.9 Å². The van der Waals surface area contributed by atoms with Crippen LogP contribution in [0.4, 0.5) is 0 Å². The molecule has 1 unspecified atom stereocenters. The summed E-state index contributed by atoms with van der Waals surface area (Å²) in [5, 5.41) is 4.15. The van der Waals surface area contributed by atoms with Crippen LogP contribution in [0.3, 0.4) is 0 Å². The van der Waals surface area contributed by atoms with Crippen LogP contribution in [0.25, 0.3) is 11.5 Å². The topological polar surface area (TPSA) is 66.5 Å². The first-order valence-corrected chi connectivity index (χ1v) is 7.57. The molecule has 0 N–H and O–H groups in total. The molecule has 2 aromatic carbocycles. The van der Waals surface area contributed by atoms with Gasteiger partial charge in [-0.1, -0.05) is 30.3 Å². The van der Waals surface area contributed by atoms with E-state index in [9.17, 15) is 4.79 Å². The van der Waals surface area contributed by atoms with Crippen LogP contribution in [0.1, 0.15) is 18.7 Å². The zero-order valence-corrected chi connectivity index (χ0v) is 13.5. The quantitative estimate of drug-likeness (QED) is 0.695. The van der Waals surface area contributed by atoms with Crippen molar-refractivity contribution in [1.82, 2.24) is 9.78 Å². The van der Waals surface area contributed by atoms with Gasteiger partial charge in [-0.25, -0.2) is 4.79 Å². The summed E-state index contributed by atoms with van der Waals surface area (Å²) in [5.74, 6) is 0.428. The van der Waals surface area contributed by atoms with Crippen LogP contribution < -0.4 is 10.5 Å². The van der Waals surface area contributed by atoms with Crippen molar-refractivity contribution in [2.45, 2.75) is 19.8 Å². The summed E-state index contributed by atoms with van der Waals surface area (Å²) in [5.41, 5.74) is 1.79. The Balaban J connectivity index is 1.71. The van der Waals surface area contributed by atoms with Crippen LogP contribution in [0, 0.1) is 0 Å². The smallest absolute Gasteiger partial charge is 0.439 e. The maximum absolute atomic E-state index is 11.8. The standard InChI is InChI=1S/C18H18N2O4/c1-13(22-2)20-18(21)24-17(19-20)15-8-10-16(11-9-15)23-12-14-6-4-3-5-7-14/h3-11,13H,12H2,1-2H3. The van der Waals surface area contributed by atoms with Crippen molar-refractivity contribution in [3.63, 3.8) is 0 Å². The first kappa shape index (κ1) is 16.0. The number of methoxy groups -OCH3 is 1. The van der Waals surface area contributed by atoms with Gasteiger partial charge in [-0.3, -0.25) is 0 Å². The summed E-state index contributed by atoms with van der Waals surface area (Å²) in [6.45, 7) is 2.21. The number of benzene rings is 2. The van der Waals surface area contributed by atoms with Crippen molar-refractivity contribution in [2.75, 3.05) is 7.11 Å². The molecule has 0 radical (unpaired) electrons. The van der Waals surface area contributed by atoms with Gasteiger partial charge < -0.3 is 13.9 Å². The van der Waals surface area contributed by atoms with E-state index in [1.807, 2.05) is 42.5 Å². The van der Waals surface area contributed by atoms with Crippen molar-refractivity contribution >= 4 is 0 Å². The lowest BCUT2D eigenvalue weighted by atomic mass is 10.2. The first-order chi connectivity index (χ1) is 11.7. The molecule has 124 valence electrons. The SMILES string of the molecule is COC(C)n1nc(-c2ccc(OCc3ccccc3)cc2)oc1=O. The third kappa shape index (κ3) is 3.55. The second-order valence-corrected chi connectivity index (χ2v) is 5.25. The Morgan fingerprint density at radius 3 is 2.50 bits per heavy atom. The largest absolute Gasteiger partial charge is 0.489 e. The summed E-state index contributed by atoms with van der Waals surface area (Å²) in [7, 11) is 1.50. The third-order valence-corrected chi connectivity index (χ3v) is 3.60. The lowest BCUT2D eigenvalue weighted by Crippen LogP contribution is -2.20. The lowest BCUT2D eigenvalue weighted by molar-refractivity contribution is 0.0448. The van der Waals surface area contributed by atoms with Crippen LogP contribution >= 0.6 is 0 Å². The predicted octanol–water partition coefficient (Wildman–Crippen LogP) is 3.25. The van der Waals surface area contributed by atoms with E-state index in [0.717, 1.165) is 16.0 Å². The Labute approximate surface area is 139 Å². The van der Waals surface area contributed by atoms with Crippen molar-refractivity contribution < 1.29 is 13.9 Å². The van der Waals surface area contributed by atoms with Crippen LogP contribution in [0.15, 0.2) is 63.8 Å². The fourth-order valence-corrected chi connectivity index (χ4v) is 2.17. The molecule has 6 heteroatoms. The van der Waals surface area contributed by atoms with Gasteiger partial charge in [0.05, 0.1) is 0 Å². The van der Waals surface area contributed by atoms with E-state index in [0.29, 0.717) is 12.2 Å². The van der Waals surface area contributed by atoms with Gasteiger partial charge in [-0.2, -0.15) is 4.68 Å². The second-order valence-electron chi connectivity index (χ2n) is 5.25. The van der Waals surface area contributed by atoms with Gasteiger partial charge in [0.1, 0.15) is 12.4 Å². The molecule has 3 rings (SSSR count). The summed E-state index contributed by atoms with van der Waals surface area (Å²) < 4.78 is 17.1. The minimum Gasteiger partial charge on any atom is -0.489 e. The van der Waals surface area contributed by atoms with Crippen LogP contribution in [0.5, 0.6) is 5.75 Å². The Kier molecular flexibility index (Phi) is 4.77. The maximum atomic E-state index is 11.8. The van der Waals surface area contributed by atoms with Gasteiger partial charge >= 0.3 is 5.76 Å². The molecule has 0 aliphatic carbocycles. The molecular weight excluding hydrogens is 308 g/mol. The van der Waals surface area contributed by atoms with Gasteiger partial charge in [0, 0.05) is 12.7 Å². The highest BCUT2D eigenvalue weighted by atomic mass is 16.5. The minimum atomic E-state index is -0.552. The second kappa shape index (κ2) is 7.14. The number of aromatic nitrogens is 2. The number of ether oxygens (including phenoxy) is 2. The molecule has 24 heavy (non-hydrogen) atoms. The van der Waals surface area contributed by atoms with Crippen LogP contribution in [0.2, 0.25) is 0 Å². The molecule has 0 spiro atoms. The Morgan fingerprint density at radius 1 is 1.12 bits per heavy atom. The Morgan fingerprint density at radius 2 is 1.83 bits per heavy atom. The fraction of sp³-hybridized carbons (Fsp3) is 0.222. The number of hydrogen-bond acceptors (Lipinski definition) is 5. The zero-order chi connectivity index (χ0) is 16.9. The summed E-state index contributed by atoms with van der Waals surface area (Å²) in [4.78, 5) is 11.8. The van der Waals surface area contributed by atoms with Crippen LogP contribution in [-0.2, 0) is 11.3 Å². The van der Waals surface area contributed by atoms with E-state index in [1.54, 1.807) is 19.1 Å². The van der Waals surface area contributed by atoms with Crippen molar-refractivity contribution in [1.29, 1.82) is 0 Å². The molecule has 0 saturated heterocycles. The maximum Gasteiger partial charge on any atom is 0.439 e. The van der Waals surface area contributed by atoms with Gasteiger partial charge in [0.15, 0.2) is 6.23 Å². The highest BCUT2D eigenvalue weighted by Gasteiger charge is 2.14. The Bertz CT molecular complexity index is 837. The minimum absolute atomic E-state index is 0.249. The van der Waals surface area contributed by atoms with Gasteiger partial charge in [-0.15, -0.1) is 5.10 Å². The normalized spacial score (nSPS) is 12.1. The molecular formula is C18H18N2O4. The van der Waals surface area contributed by atoms with E-state index in [1.165, 1.54) is 7.11 Å². The highest BCUT2D eigenvalue weighted by molar-refractivity contribution is 5.53. The monoisotopic (exact) mass is 326 g/mol. The molecule has 1 heterocycles. The molecule has 0 bridgehead atoms. The number of nitrogens with zero attached hydrogens (tertiary/aromatic N) is 2. The molecule has 0 aliphatic rings. The number of hydrogen-bond donors (Lipinski definition) is 0. The average Bonchev–Trinajstić information content (AvgIpc) is 3.02. The van der Waals surface area contributed by atoms with Crippen molar-refractivity contribution in [2.24, 2.45) is 0 Å². The van der Waals surface area contributed by atoms with E-state index in [-0.39, 0.29) is 5.89 Å². The van der Waals surface area contributed by atoms with E-state index < -0.39 is 12.0 Å². The predicted molar refractivity (Wildman–Crippen MR) is 88.7 cm³/mol. The van der Waals surface area contributed by atoms with E-state index in [2.05, 4.69) is 5.10 Å².